The van der Waals surface area contributed by atoms with Gasteiger partial charge in [-0.15, -0.1) is 0 Å². The van der Waals surface area contributed by atoms with E-state index in [0.717, 1.165) is 22.2 Å². The molecule has 0 amide bonds. The van der Waals surface area contributed by atoms with Crippen LogP contribution in [0.15, 0.2) is 67.0 Å². The van der Waals surface area contributed by atoms with Gasteiger partial charge in [-0.25, -0.2) is 4.79 Å². The van der Waals surface area contributed by atoms with Crippen molar-refractivity contribution in [2.45, 2.75) is 13.5 Å². The fourth-order valence-corrected chi connectivity index (χ4v) is 3.76. The lowest BCUT2D eigenvalue weighted by Gasteiger charge is -2.11. The van der Waals surface area contributed by atoms with Crippen molar-refractivity contribution in [2.24, 2.45) is 0 Å². The number of aliphatic carboxylic acids is 1. The van der Waals surface area contributed by atoms with Crippen molar-refractivity contribution < 1.29 is 24.2 Å². The molecule has 0 aliphatic rings. The van der Waals surface area contributed by atoms with Crippen LogP contribution >= 0.6 is 0 Å². The van der Waals surface area contributed by atoms with Gasteiger partial charge < -0.3 is 19.1 Å². The Labute approximate surface area is 184 Å². The standard InChI is InChI=1S/C25H22N2O5/c1-16-24(25(30)18-6-8-19(31-2)9-7-18)21-13-26-11-10-22(21)27(16)14-17-4-3-5-20(12-17)32-15-23(28)29/h3-13H,14-15H2,1-2H3,(H,28,29). The number of fused-ring (bicyclic) bond motifs is 1. The third-order valence-corrected chi connectivity index (χ3v) is 5.31. The second-order valence-electron chi connectivity index (χ2n) is 7.33. The molecule has 4 aromatic rings. The van der Waals surface area contributed by atoms with E-state index in [1.807, 2.05) is 25.1 Å². The highest BCUT2D eigenvalue weighted by molar-refractivity contribution is 6.17. The van der Waals surface area contributed by atoms with Crippen molar-refractivity contribution in [2.75, 3.05) is 13.7 Å². The molecular formula is C25H22N2O5. The van der Waals surface area contributed by atoms with Crippen LogP contribution in [0.1, 0.15) is 27.2 Å². The minimum Gasteiger partial charge on any atom is -0.497 e. The fraction of sp³-hybridized carbons (Fsp3) is 0.160. The van der Waals surface area contributed by atoms with E-state index in [1.54, 1.807) is 55.9 Å². The van der Waals surface area contributed by atoms with Crippen molar-refractivity contribution in [1.82, 2.24) is 9.55 Å². The fourth-order valence-electron chi connectivity index (χ4n) is 3.76. The van der Waals surface area contributed by atoms with Gasteiger partial charge in [0.15, 0.2) is 12.4 Å². The van der Waals surface area contributed by atoms with E-state index in [0.29, 0.717) is 29.2 Å². The molecule has 0 atom stereocenters. The number of ether oxygens (including phenoxy) is 2. The molecule has 7 heteroatoms. The Balaban J connectivity index is 1.72. The van der Waals surface area contributed by atoms with Crippen LogP contribution in [0.5, 0.6) is 11.5 Å². The van der Waals surface area contributed by atoms with Crippen LogP contribution < -0.4 is 9.47 Å². The van der Waals surface area contributed by atoms with E-state index in [9.17, 15) is 9.59 Å². The van der Waals surface area contributed by atoms with Crippen molar-refractivity contribution in [3.05, 3.63) is 89.4 Å². The molecule has 0 aliphatic carbocycles. The van der Waals surface area contributed by atoms with E-state index < -0.39 is 12.6 Å². The normalized spacial score (nSPS) is 10.8. The van der Waals surface area contributed by atoms with Crippen LogP contribution in [0.3, 0.4) is 0 Å². The van der Waals surface area contributed by atoms with Crippen LogP contribution in [-0.2, 0) is 11.3 Å². The molecule has 0 fully saturated rings. The smallest absolute Gasteiger partial charge is 0.341 e. The Morgan fingerprint density at radius 3 is 2.56 bits per heavy atom. The Bertz CT molecular complexity index is 1290. The van der Waals surface area contributed by atoms with Crippen LogP contribution in [0.2, 0.25) is 0 Å². The molecule has 0 bridgehead atoms. The van der Waals surface area contributed by atoms with Gasteiger partial charge in [0.25, 0.3) is 0 Å². The van der Waals surface area contributed by atoms with Crippen LogP contribution in [-0.4, -0.2) is 40.1 Å². The van der Waals surface area contributed by atoms with Crippen molar-refractivity contribution in [1.29, 1.82) is 0 Å². The van der Waals surface area contributed by atoms with Gasteiger partial charge in [0.05, 0.1) is 18.2 Å². The number of aromatic nitrogens is 2. The summed E-state index contributed by atoms with van der Waals surface area (Å²) in [5.74, 6) is 0.0554. The Morgan fingerprint density at radius 2 is 1.84 bits per heavy atom. The van der Waals surface area contributed by atoms with Crippen molar-refractivity contribution in [3.63, 3.8) is 0 Å². The maximum atomic E-state index is 13.4. The van der Waals surface area contributed by atoms with Gasteiger partial charge in [0, 0.05) is 35.6 Å². The number of carbonyl (C=O) groups excluding carboxylic acids is 1. The summed E-state index contributed by atoms with van der Waals surface area (Å²) >= 11 is 0. The monoisotopic (exact) mass is 430 g/mol. The Kier molecular flexibility index (Phi) is 5.89. The summed E-state index contributed by atoms with van der Waals surface area (Å²) in [6.45, 7) is 2.01. The third kappa shape index (κ3) is 4.18. The Morgan fingerprint density at radius 1 is 1.06 bits per heavy atom. The second-order valence-corrected chi connectivity index (χ2v) is 7.33. The molecule has 7 nitrogen and oxygen atoms in total. The molecule has 32 heavy (non-hydrogen) atoms. The highest BCUT2D eigenvalue weighted by Crippen LogP contribution is 2.29. The number of carboxylic acid groups (broad SMARTS) is 1. The number of benzene rings is 2. The third-order valence-electron chi connectivity index (χ3n) is 5.31. The lowest BCUT2D eigenvalue weighted by atomic mass is 10.0. The summed E-state index contributed by atoms with van der Waals surface area (Å²) in [7, 11) is 1.59. The summed E-state index contributed by atoms with van der Waals surface area (Å²) < 4.78 is 12.6. The zero-order chi connectivity index (χ0) is 22.7. The second kappa shape index (κ2) is 8.93. The quantitative estimate of drug-likeness (QED) is 0.423. The predicted molar refractivity (Wildman–Crippen MR) is 120 cm³/mol. The molecule has 0 aliphatic heterocycles. The number of carbonyl (C=O) groups is 2. The number of hydrogen-bond donors (Lipinski definition) is 1. The topological polar surface area (TPSA) is 90.7 Å². The van der Waals surface area contributed by atoms with Crippen LogP contribution in [0, 0.1) is 6.92 Å². The first-order valence-corrected chi connectivity index (χ1v) is 10.0. The maximum absolute atomic E-state index is 13.4. The predicted octanol–water partition coefficient (Wildman–Crippen LogP) is 4.10. The van der Waals surface area contributed by atoms with Gasteiger partial charge in [0.1, 0.15) is 11.5 Å². The van der Waals surface area contributed by atoms with E-state index >= 15 is 0 Å². The van der Waals surface area contributed by atoms with Crippen LogP contribution in [0.4, 0.5) is 0 Å². The molecule has 2 aromatic carbocycles. The number of ketones is 1. The average Bonchev–Trinajstić information content (AvgIpc) is 3.09. The van der Waals surface area contributed by atoms with Gasteiger partial charge in [-0.05, 0) is 55.0 Å². The zero-order valence-electron chi connectivity index (χ0n) is 17.7. The summed E-state index contributed by atoms with van der Waals surface area (Å²) in [6, 6.07) is 16.2. The minimum atomic E-state index is -1.03. The van der Waals surface area contributed by atoms with E-state index in [-0.39, 0.29) is 5.78 Å². The maximum Gasteiger partial charge on any atom is 0.341 e. The lowest BCUT2D eigenvalue weighted by molar-refractivity contribution is -0.139. The number of hydrogen-bond acceptors (Lipinski definition) is 5. The highest BCUT2D eigenvalue weighted by Gasteiger charge is 2.21. The van der Waals surface area contributed by atoms with Crippen molar-refractivity contribution in [3.8, 4) is 11.5 Å². The minimum absolute atomic E-state index is 0.0829. The van der Waals surface area contributed by atoms with Gasteiger partial charge in [-0.1, -0.05) is 12.1 Å². The first-order chi connectivity index (χ1) is 15.5. The molecule has 2 heterocycles. The molecule has 0 unspecified atom stereocenters. The molecule has 162 valence electrons. The van der Waals surface area contributed by atoms with Gasteiger partial charge in [0.2, 0.25) is 0 Å². The van der Waals surface area contributed by atoms with Crippen molar-refractivity contribution >= 4 is 22.7 Å². The van der Waals surface area contributed by atoms with E-state index in [1.165, 1.54) is 0 Å². The summed E-state index contributed by atoms with van der Waals surface area (Å²) in [6.07, 6.45) is 3.41. The summed E-state index contributed by atoms with van der Waals surface area (Å²) in [5.41, 5.74) is 3.82. The number of nitrogens with zero attached hydrogens (tertiary/aromatic N) is 2. The number of carboxylic acids is 1. The van der Waals surface area contributed by atoms with E-state index in [2.05, 4.69) is 9.55 Å². The summed E-state index contributed by atoms with van der Waals surface area (Å²) in [4.78, 5) is 28.4. The van der Waals surface area contributed by atoms with Crippen LogP contribution in [0.25, 0.3) is 10.9 Å². The number of pyridine rings is 1. The molecule has 2 aromatic heterocycles. The largest absolute Gasteiger partial charge is 0.497 e. The highest BCUT2D eigenvalue weighted by atomic mass is 16.5. The SMILES string of the molecule is COc1ccc(C(=O)c2c(C)n(Cc3cccc(OCC(=O)O)c3)c3ccncc23)cc1. The van der Waals surface area contributed by atoms with Gasteiger partial charge in [-0.2, -0.15) is 0 Å². The molecule has 4 rings (SSSR count). The molecule has 0 radical (unpaired) electrons. The Hall–Kier alpha value is -4.13. The molecular weight excluding hydrogens is 408 g/mol. The number of rotatable bonds is 8. The molecule has 1 N–H and O–H groups in total. The molecule has 0 saturated heterocycles. The van der Waals surface area contributed by atoms with E-state index in [4.69, 9.17) is 14.6 Å². The molecule has 0 saturated carbocycles. The summed E-state index contributed by atoms with van der Waals surface area (Å²) in [5, 5.41) is 9.62. The first-order valence-electron chi connectivity index (χ1n) is 10.0. The average molecular weight is 430 g/mol. The lowest BCUT2D eigenvalue weighted by Crippen LogP contribution is -2.10. The number of methoxy groups -OCH3 is 1. The molecule has 0 spiro atoms. The first kappa shape index (κ1) is 21.1. The van der Waals surface area contributed by atoms with Gasteiger partial charge >= 0.3 is 5.97 Å². The zero-order valence-corrected chi connectivity index (χ0v) is 17.7. The van der Waals surface area contributed by atoms with Gasteiger partial charge in [-0.3, -0.25) is 9.78 Å².